The SMILES string of the molecule is CN=C(NCCS(=O)Cc1ccccc1)NCc1ccc(C)cc1OC(C)(C)C. The second-order valence-electron chi connectivity index (χ2n) is 7.95. The summed E-state index contributed by atoms with van der Waals surface area (Å²) < 4.78 is 18.4. The third kappa shape index (κ3) is 8.69. The molecule has 2 N–H and O–H groups in total. The van der Waals surface area contributed by atoms with Gasteiger partial charge < -0.3 is 15.4 Å². The number of hydrogen-bond acceptors (Lipinski definition) is 3. The molecule has 1 atom stereocenters. The quantitative estimate of drug-likeness (QED) is 0.509. The van der Waals surface area contributed by atoms with Gasteiger partial charge in [-0.15, -0.1) is 0 Å². The minimum Gasteiger partial charge on any atom is -0.488 e. The molecule has 0 amide bonds. The molecule has 0 saturated carbocycles. The van der Waals surface area contributed by atoms with Gasteiger partial charge in [-0.25, -0.2) is 0 Å². The Hall–Kier alpha value is -2.34. The highest BCUT2D eigenvalue weighted by Crippen LogP contribution is 2.24. The summed E-state index contributed by atoms with van der Waals surface area (Å²) in [5.41, 5.74) is 3.07. The summed E-state index contributed by atoms with van der Waals surface area (Å²) in [7, 11) is 0.822. The molecule has 158 valence electrons. The first kappa shape index (κ1) is 22.9. The molecule has 2 aromatic rings. The molecule has 1 unspecified atom stereocenters. The number of nitrogens with one attached hydrogen (secondary N) is 2. The molecule has 0 aliphatic carbocycles. The van der Waals surface area contributed by atoms with Gasteiger partial charge in [0, 0.05) is 48.0 Å². The van der Waals surface area contributed by atoms with Crippen LogP contribution in [-0.2, 0) is 23.1 Å². The first-order valence-corrected chi connectivity index (χ1v) is 11.4. The van der Waals surface area contributed by atoms with Gasteiger partial charge in [0.05, 0.1) is 0 Å². The van der Waals surface area contributed by atoms with Crippen molar-refractivity contribution in [2.45, 2.75) is 45.6 Å². The zero-order valence-corrected chi connectivity index (χ0v) is 18.9. The van der Waals surface area contributed by atoms with Crippen LogP contribution >= 0.6 is 0 Å². The molecule has 0 radical (unpaired) electrons. The smallest absolute Gasteiger partial charge is 0.191 e. The van der Waals surface area contributed by atoms with Crippen LogP contribution in [0.25, 0.3) is 0 Å². The molecule has 0 bridgehead atoms. The normalized spacial score (nSPS) is 13.1. The molecule has 0 spiro atoms. The molecule has 0 heterocycles. The van der Waals surface area contributed by atoms with Crippen molar-refractivity contribution in [1.29, 1.82) is 0 Å². The first-order valence-electron chi connectivity index (χ1n) is 9.89. The molecular weight excluding hydrogens is 382 g/mol. The van der Waals surface area contributed by atoms with Gasteiger partial charge in [-0.2, -0.15) is 0 Å². The van der Waals surface area contributed by atoms with Crippen molar-refractivity contribution < 1.29 is 8.95 Å². The van der Waals surface area contributed by atoms with Crippen LogP contribution in [0.15, 0.2) is 53.5 Å². The van der Waals surface area contributed by atoms with E-state index in [0.717, 1.165) is 22.4 Å². The van der Waals surface area contributed by atoms with Gasteiger partial charge in [0.25, 0.3) is 0 Å². The van der Waals surface area contributed by atoms with Crippen molar-refractivity contribution in [3.63, 3.8) is 0 Å². The van der Waals surface area contributed by atoms with E-state index in [1.165, 1.54) is 0 Å². The van der Waals surface area contributed by atoms with Crippen LogP contribution < -0.4 is 15.4 Å². The van der Waals surface area contributed by atoms with Crippen LogP contribution in [0.2, 0.25) is 0 Å². The molecule has 0 aliphatic rings. The number of aryl methyl sites for hydroxylation is 1. The lowest BCUT2D eigenvalue weighted by Crippen LogP contribution is -2.39. The molecule has 2 aromatic carbocycles. The Bertz CT molecular complexity index is 830. The lowest BCUT2D eigenvalue weighted by atomic mass is 10.1. The molecule has 29 heavy (non-hydrogen) atoms. The number of aliphatic imine (C=N–C) groups is 1. The number of benzene rings is 2. The summed E-state index contributed by atoms with van der Waals surface area (Å²) in [5, 5.41) is 6.56. The highest BCUT2D eigenvalue weighted by molar-refractivity contribution is 7.84. The van der Waals surface area contributed by atoms with Crippen LogP contribution in [-0.4, -0.2) is 35.1 Å². The molecule has 0 aliphatic heterocycles. The van der Waals surface area contributed by atoms with Gasteiger partial charge in [-0.05, 0) is 44.9 Å². The zero-order valence-electron chi connectivity index (χ0n) is 18.1. The predicted octanol–water partition coefficient (Wildman–Crippen LogP) is 3.79. The van der Waals surface area contributed by atoms with Crippen molar-refractivity contribution in [3.05, 3.63) is 65.2 Å². The minimum atomic E-state index is -0.912. The van der Waals surface area contributed by atoms with Crippen LogP contribution in [0.3, 0.4) is 0 Å². The third-order valence-electron chi connectivity index (χ3n) is 4.10. The Morgan fingerprint density at radius 2 is 1.83 bits per heavy atom. The summed E-state index contributed by atoms with van der Waals surface area (Å²) in [6.45, 7) is 9.38. The lowest BCUT2D eigenvalue weighted by Gasteiger charge is -2.24. The second-order valence-corrected chi connectivity index (χ2v) is 9.53. The van der Waals surface area contributed by atoms with E-state index in [1.807, 2.05) is 51.1 Å². The zero-order chi connectivity index (χ0) is 21.3. The summed E-state index contributed by atoms with van der Waals surface area (Å²) in [4.78, 5) is 4.26. The Morgan fingerprint density at radius 3 is 2.48 bits per heavy atom. The highest BCUT2D eigenvalue weighted by Gasteiger charge is 2.15. The number of ether oxygens (including phenoxy) is 1. The molecule has 6 heteroatoms. The maximum Gasteiger partial charge on any atom is 0.191 e. The first-order chi connectivity index (χ1) is 13.8. The number of guanidine groups is 1. The Balaban J connectivity index is 1.84. The number of hydrogen-bond donors (Lipinski definition) is 2. The maximum absolute atomic E-state index is 12.3. The lowest BCUT2D eigenvalue weighted by molar-refractivity contribution is 0.129. The van der Waals surface area contributed by atoms with Gasteiger partial charge in [0.15, 0.2) is 5.96 Å². The van der Waals surface area contributed by atoms with E-state index in [0.29, 0.717) is 30.6 Å². The van der Waals surface area contributed by atoms with E-state index in [2.05, 4.69) is 40.7 Å². The summed E-state index contributed by atoms with van der Waals surface area (Å²) >= 11 is 0. The molecule has 2 rings (SSSR count). The van der Waals surface area contributed by atoms with E-state index in [1.54, 1.807) is 7.05 Å². The number of rotatable bonds is 8. The molecular formula is C23H33N3O2S. The minimum absolute atomic E-state index is 0.259. The van der Waals surface area contributed by atoms with Gasteiger partial charge >= 0.3 is 0 Å². The summed E-state index contributed by atoms with van der Waals surface area (Å²) in [5.74, 6) is 2.71. The van der Waals surface area contributed by atoms with E-state index < -0.39 is 10.8 Å². The number of nitrogens with zero attached hydrogens (tertiary/aromatic N) is 1. The molecule has 5 nitrogen and oxygen atoms in total. The van der Waals surface area contributed by atoms with E-state index in [4.69, 9.17) is 4.74 Å². The Kier molecular flexibility index (Phi) is 8.70. The van der Waals surface area contributed by atoms with Gasteiger partial charge in [-0.3, -0.25) is 9.20 Å². The molecule has 0 fully saturated rings. The standard InChI is InChI=1S/C23H33N3O2S/c1-18-11-12-20(21(15-18)28-23(2,3)4)16-26-22(24-5)25-13-14-29(27)17-19-9-7-6-8-10-19/h6-12,15H,13-14,16-17H2,1-5H3,(H2,24,25,26). The van der Waals surface area contributed by atoms with E-state index in [-0.39, 0.29) is 5.60 Å². The van der Waals surface area contributed by atoms with Crippen molar-refractivity contribution in [2.24, 2.45) is 4.99 Å². The van der Waals surface area contributed by atoms with Crippen LogP contribution in [0.4, 0.5) is 0 Å². The fourth-order valence-electron chi connectivity index (χ4n) is 2.75. The molecule has 0 aromatic heterocycles. The monoisotopic (exact) mass is 415 g/mol. The summed E-state index contributed by atoms with van der Waals surface area (Å²) in [6.07, 6.45) is 0. The van der Waals surface area contributed by atoms with Crippen LogP contribution in [0.5, 0.6) is 5.75 Å². The molecule has 0 saturated heterocycles. The second kappa shape index (κ2) is 11.0. The van der Waals surface area contributed by atoms with Gasteiger partial charge in [0.2, 0.25) is 0 Å². The fraction of sp³-hybridized carbons (Fsp3) is 0.435. The third-order valence-corrected chi connectivity index (χ3v) is 5.42. The maximum atomic E-state index is 12.3. The van der Waals surface area contributed by atoms with Crippen molar-refractivity contribution in [3.8, 4) is 5.75 Å². The topological polar surface area (TPSA) is 62.7 Å². The summed E-state index contributed by atoms with van der Waals surface area (Å²) in [6, 6.07) is 16.1. The Morgan fingerprint density at radius 1 is 1.10 bits per heavy atom. The van der Waals surface area contributed by atoms with E-state index in [9.17, 15) is 4.21 Å². The van der Waals surface area contributed by atoms with Gasteiger partial charge in [-0.1, -0.05) is 42.5 Å². The predicted molar refractivity (Wildman–Crippen MR) is 123 cm³/mol. The van der Waals surface area contributed by atoms with Crippen LogP contribution in [0, 0.1) is 6.92 Å². The van der Waals surface area contributed by atoms with Crippen LogP contribution in [0.1, 0.15) is 37.5 Å². The average Bonchev–Trinajstić information content (AvgIpc) is 2.65. The highest BCUT2D eigenvalue weighted by atomic mass is 32.2. The Labute approximate surface area is 177 Å². The van der Waals surface area contributed by atoms with Gasteiger partial charge in [0.1, 0.15) is 11.4 Å². The van der Waals surface area contributed by atoms with Crippen molar-refractivity contribution in [1.82, 2.24) is 10.6 Å². The van der Waals surface area contributed by atoms with Crippen molar-refractivity contribution in [2.75, 3.05) is 19.3 Å². The fourth-order valence-corrected chi connectivity index (χ4v) is 3.79. The van der Waals surface area contributed by atoms with Crippen molar-refractivity contribution >= 4 is 16.8 Å². The van der Waals surface area contributed by atoms with E-state index >= 15 is 0 Å². The average molecular weight is 416 g/mol. The largest absolute Gasteiger partial charge is 0.488 e.